The van der Waals surface area contributed by atoms with Gasteiger partial charge in [-0.1, -0.05) is 0 Å². The highest BCUT2D eigenvalue weighted by atomic mass is 32.1. The number of thiophene rings is 1. The summed E-state index contributed by atoms with van der Waals surface area (Å²) in [5, 5.41) is 20.5. The number of nitrogens with zero attached hydrogens (tertiary/aromatic N) is 3. The summed E-state index contributed by atoms with van der Waals surface area (Å²) in [6.45, 7) is 4.11. The normalized spacial score (nSPS) is 24.5. The first kappa shape index (κ1) is 19.7. The Morgan fingerprint density at radius 3 is 2.67 bits per heavy atom. The molecule has 2 aliphatic rings. The van der Waals surface area contributed by atoms with Gasteiger partial charge in [-0.05, 0) is 55.9 Å². The molecule has 30 heavy (non-hydrogen) atoms. The van der Waals surface area contributed by atoms with Crippen LogP contribution in [0.25, 0.3) is 22.2 Å². The highest BCUT2D eigenvalue weighted by Gasteiger charge is 2.36. The number of anilines is 1. The van der Waals surface area contributed by atoms with Crippen LogP contribution in [0.5, 0.6) is 0 Å². The Bertz CT molecular complexity index is 1150. The first-order valence-corrected chi connectivity index (χ1v) is 11.1. The number of hydrogen-bond donors (Lipinski definition) is 3. The van der Waals surface area contributed by atoms with E-state index in [1.54, 1.807) is 0 Å². The predicted molar refractivity (Wildman–Crippen MR) is 118 cm³/mol. The summed E-state index contributed by atoms with van der Waals surface area (Å²) in [4.78, 5) is 11.4. The molecular formula is C22H26N4O3S. The van der Waals surface area contributed by atoms with E-state index < -0.39 is 18.4 Å². The molecule has 3 aromatic heterocycles. The minimum absolute atomic E-state index is 0.215. The average Bonchev–Trinajstić information content (AvgIpc) is 3.46. The van der Waals surface area contributed by atoms with Gasteiger partial charge in [-0.2, -0.15) is 0 Å². The van der Waals surface area contributed by atoms with Gasteiger partial charge >= 0.3 is 0 Å². The lowest BCUT2D eigenvalue weighted by molar-refractivity contribution is -0.0430. The van der Waals surface area contributed by atoms with Crippen molar-refractivity contribution in [2.45, 2.75) is 58.0 Å². The summed E-state index contributed by atoms with van der Waals surface area (Å²) in [6, 6.07) is 2.28. The molecule has 0 amide bonds. The molecule has 1 saturated heterocycles. The largest absolute Gasteiger partial charge is 0.394 e. The van der Waals surface area contributed by atoms with Crippen molar-refractivity contribution in [2.24, 2.45) is 0 Å². The zero-order valence-corrected chi connectivity index (χ0v) is 17.9. The van der Waals surface area contributed by atoms with Crippen LogP contribution < -0.4 is 5.73 Å². The fourth-order valence-electron chi connectivity index (χ4n) is 4.88. The van der Waals surface area contributed by atoms with Crippen molar-refractivity contribution in [3.05, 3.63) is 39.5 Å². The fraction of sp³-hybridized carbons (Fsp3) is 0.455. The second-order valence-corrected chi connectivity index (χ2v) is 9.62. The number of aliphatic hydroxyl groups excluding tert-OH is 2. The molecule has 8 heteroatoms. The maximum atomic E-state index is 10.2. The average molecular weight is 427 g/mol. The van der Waals surface area contributed by atoms with Gasteiger partial charge in [0.2, 0.25) is 0 Å². The van der Waals surface area contributed by atoms with Crippen LogP contribution in [-0.4, -0.2) is 43.6 Å². The first-order chi connectivity index (χ1) is 14.5. The number of nitrogen functional groups attached to an aromatic ring is 1. The van der Waals surface area contributed by atoms with Crippen molar-refractivity contribution < 1.29 is 14.9 Å². The summed E-state index contributed by atoms with van der Waals surface area (Å²) in [5.41, 5.74) is 12.1. The van der Waals surface area contributed by atoms with Crippen molar-refractivity contribution in [1.82, 2.24) is 14.5 Å². The van der Waals surface area contributed by atoms with Crippen molar-refractivity contribution in [1.29, 1.82) is 0 Å². The molecule has 0 unspecified atom stereocenters. The van der Waals surface area contributed by atoms with Crippen LogP contribution in [0.2, 0.25) is 0 Å². The molecule has 3 atom stereocenters. The summed E-state index contributed by atoms with van der Waals surface area (Å²) in [5.74, 6) is 0.447. The van der Waals surface area contributed by atoms with E-state index in [2.05, 4.69) is 29.9 Å². The minimum Gasteiger partial charge on any atom is -0.394 e. The second kappa shape index (κ2) is 7.46. The van der Waals surface area contributed by atoms with E-state index in [9.17, 15) is 10.2 Å². The molecule has 0 saturated carbocycles. The molecule has 0 radical (unpaired) electrons. The predicted octanol–water partition coefficient (Wildman–Crippen LogP) is 3.43. The quantitative estimate of drug-likeness (QED) is 0.590. The number of aryl methyl sites for hydroxylation is 2. The molecule has 1 aliphatic heterocycles. The van der Waals surface area contributed by atoms with Crippen molar-refractivity contribution in [2.75, 3.05) is 12.3 Å². The molecule has 4 heterocycles. The van der Waals surface area contributed by atoms with E-state index in [-0.39, 0.29) is 6.61 Å². The minimum atomic E-state index is -0.710. The van der Waals surface area contributed by atoms with Crippen LogP contribution in [0.3, 0.4) is 0 Å². The Balaban J connectivity index is 1.69. The van der Waals surface area contributed by atoms with Gasteiger partial charge in [0.25, 0.3) is 0 Å². The zero-order chi connectivity index (χ0) is 21.0. The number of aromatic nitrogens is 3. The van der Waals surface area contributed by atoms with Gasteiger partial charge in [-0.25, -0.2) is 9.97 Å². The van der Waals surface area contributed by atoms with E-state index in [1.165, 1.54) is 32.8 Å². The summed E-state index contributed by atoms with van der Waals surface area (Å²) >= 11 is 1.83. The van der Waals surface area contributed by atoms with Crippen LogP contribution in [0.1, 0.15) is 52.8 Å². The molecule has 3 aromatic rings. The monoisotopic (exact) mass is 426 g/mol. The Hall–Kier alpha value is -2.26. The third-order valence-electron chi connectivity index (χ3n) is 6.24. The lowest BCUT2D eigenvalue weighted by Gasteiger charge is -2.14. The van der Waals surface area contributed by atoms with Gasteiger partial charge in [0.1, 0.15) is 30.1 Å². The zero-order valence-electron chi connectivity index (χ0n) is 17.1. The molecule has 158 valence electrons. The summed E-state index contributed by atoms with van der Waals surface area (Å²) in [6.07, 6.45) is 5.31. The Labute approximate surface area is 178 Å². The second-order valence-electron chi connectivity index (χ2n) is 8.16. The van der Waals surface area contributed by atoms with Gasteiger partial charge in [0.15, 0.2) is 0 Å². The van der Waals surface area contributed by atoms with Gasteiger partial charge in [-0.15, -0.1) is 11.3 Å². The number of nitrogens with two attached hydrogens (primary N) is 1. The number of allylic oxidation sites excluding steroid dienone is 2. The van der Waals surface area contributed by atoms with Crippen LogP contribution in [0.15, 0.2) is 18.6 Å². The van der Waals surface area contributed by atoms with Crippen molar-refractivity contribution >= 4 is 39.3 Å². The lowest BCUT2D eigenvalue weighted by Crippen LogP contribution is -2.24. The van der Waals surface area contributed by atoms with E-state index >= 15 is 0 Å². The molecule has 0 spiro atoms. The van der Waals surface area contributed by atoms with Crippen LogP contribution in [-0.2, 0) is 4.74 Å². The number of rotatable bonds is 4. The number of aliphatic hydroxyl groups is 2. The van der Waals surface area contributed by atoms with Crippen LogP contribution in [0, 0.1) is 13.8 Å². The molecule has 1 fully saturated rings. The van der Waals surface area contributed by atoms with Gasteiger partial charge in [-0.3, -0.25) is 0 Å². The third kappa shape index (κ3) is 3.06. The number of hydrogen-bond acceptors (Lipinski definition) is 7. The van der Waals surface area contributed by atoms with Gasteiger partial charge in [0, 0.05) is 27.9 Å². The SMILES string of the molecule is Cc1cc(C2=C(c3cn([C@H]4C[C@H](O)[C@@H](CO)O4)c4ncnc(N)c34)CCC2)c(C)s1. The highest BCUT2D eigenvalue weighted by Crippen LogP contribution is 2.46. The molecule has 5 rings (SSSR count). The van der Waals surface area contributed by atoms with Crippen LogP contribution in [0.4, 0.5) is 5.82 Å². The van der Waals surface area contributed by atoms with E-state index in [1.807, 2.05) is 22.1 Å². The molecular weight excluding hydrogens is 400 g/mol. The van der Waals surface area contributed by atoms with Crippen molar-refractivity contribution in [3.63, 3.8) is 0 Å². The standard InChI is InChI=1S/C22H26N4O3S/c1-11-6-15(12(2)30-11)13-4-3-5-14(13)16-8-26(19-7-17(28)18(9-27)29-19)22-20(16)21(23)24-10-25-22/h6,8,10,17-19,27-28H,3-5,7,9H2,1-2H3,(H2,23,24,25)/t17-,18+,19+/m0/s1. The topological polar surface area (TPSA) is 106 Å². The van der Waals surface area contributed by atoms with Gasteiger partial charge < -0.3 is 25.3 Å². The molecule has 7 nitrogen and oxygen atoms in total. The maximum absolute atomic E-state index is 10.2. The van der Waals surface area contributed by atoms with E-state index in [0.717, 1.165) is 30.2 Å². The molecule has 1 aliphatic carbocycles. The number of ether oxygens (including phenoxy) is 1. The molecule has 4 N–H and O–H groups in total. The highest BCUT2D eigenvalue weighted by molar-refractivity contribution is 7.12. The lowest BCUT2D eigenvalue weighted by atomic mass is 9.97. The third-order valence-corrected chi connectivity index (χ3v) is 7.21. The van der Waals surface area contributed by atoms with E-state index in [4.69, 9.17) is 10.5 Å². The Morgan fingerprint density at radius 1 is 1.23 bits per heavy atom. The first-order valence-electron chi connectivity index (χ1n) is 10.3. The molecule has 0 bridgehead atoms. The van der Waals surface area contributed by atoms with Crippen LogP contribution >= 0.6 is 11.3 Å². The fourth-order valence-corrected chi connectivity index (χ4v) is 5.83. The maximum Gasteiger partial charge on any atom is 0.148 e. The summed E-state index contributed by atoms with van der Waals surface area (Å²) in [7, 11) is 0. The smallest absolute Gasteiger partial charge is 0.148 e. The van der Waals surface area contributed by atoms with Crippen molar-refractivity contribution in [3.8, 4) is 0 Å². The number of fused-ring (bicyclic) bond motifs is 1. The molecule has 0 aromatic carbocycles. The van der Waals surface area contributed by atoms with E-state index in [0.29, 0.717) is 17.9 Å². The van der Waals surface area contributed by atoms with Gasteiger partial charge in [0.05, 0.1) is 18.1 Å². The Kier molecular flexibility index (Phi) is 4.89. The Morgan fingerprint density at radius 2 is 2.00 bits per heavy atom. The summed E-state index contributed by atoms with van der Waals surface area (Å²) < 4.78 is 7.85.